The van der Waals surface area contributed by atoms with E-state index in [4.69, 9.17) is 0 Å². The Hall–Kier alpha value is -2.83. The minimum Gasteiger partial charge on any atom is -0.256 e. The van der Waals surface area contributed by atoms with E-state index in [2.05, 4.69) is 70.6 Å². The predicted molar refractivity (Wildman–Crippen MR) is 109 cm³/mol. The van der Waals surface area contributed by atoms with E-state index in [1.165, 1.54) is 43.3 Å². The molecule has 2 aromatic carbocycles. The SMILES string of the molecule is c1ccc2c(c1)[Si]c1cccnc1-2.c1ccc2c(c1)[Si]c1cccnc1-2. The zero-order chi connectivity index (χ0) is 17.3. The number of benzene rings is 2. The van der Waals surface area contributed by atoms with Crippen molar-refractivity contribution in [2.45, 2.75) is 0 Å². The van der Waals surface area contributed by atoms with Gasteiger partial charge in [0.05, 0.1) is 11.4 Å². The first-order valence-electron chi connectivity index (χ1n) is 8.53. The molecule has 2 aromatic heterocycles. The van der Waals surface area contributed by atoms with Gasteiger partial charge in [-0.25, -0.2) is 0 Å². The lowest BCUT2D eigenvalue weighted by Crippen LogP contribution is -2.20. The van der Waals surface area contributed by atoms with Crippen LogP contribution in [0.1, 0.15) is 0 Å². The second kappa shape index (κ2) is 6.48. The van der Waals surface area contributed by atoms with Gasteiger partial charge in [-0.15, -0.1) is 0 Å². The topological polar surface area (TPSA) is 25.8 Å². The molecule has 0 N–H and O–H groups in total. The Morgan fingerprint density at radius 3 is 1.38 bits per heavy atom. The molecule has 4 aromatic rings. The lowest BCUT2D eigenvalue weighted by atomic mass is 10.1. The van der Waals surface area contributed by atoms with Gasteiger partial charge in [0.25, 0.3) is 0 Å². The third kappa shape index (κ3) is 2.64. The van der Waals surface area contributed by atoms with E-state index in [1.54, 1.807) is 0 Å². The molecular weight excluding hydrogens is 348 g/mol. The van der Waals surface area contributed by atoms with E-state index in [-0.39, 0.29) is 0 Å². The van der Waals surface area contributed by atoms with Gasteiger partial charge >= 0.3 is 0 Å². The summed E-state index contributed by atoms with van der Waals surface area (Å²) in [5.41, 5.74) is 4.99. The van der Waals surface area contributed by atoms with E-state index in [1.807, 2.05) is 24.5 Å². The van der Waals surface area contributed by atoms with Crippen molar-refractivity contribution in [2.24, 2.45) is 0 Å². The number of hydrogen-bond acceptors (Lipinski definition) is 2. The summed E-state index contributed by atoms with van der Waals surface area (Å²) in [7, 11) is 1.58. The molecule has 4 heteroatoms. The summed E-state index contributed by atoms with van der Waals surface area (Å²) in [6.07, 6.45) is 3.73. The van der Waals surface area contributed by atoms with Crippen LogP contribution in [0.5, 0.6) is 0 Å². The van der Waals surface area contributed by atoms with Crippen LogP contribution < -0.4 is 20.7 Å². The van der Waals surface area contributed by atoms with E-state index in [9.17, 15) is 0 Å². The third-order valence-electron chi connectivity index (χ3n) is 4.52. The summed E-state index contributed by atoms with van der Waals surface area (Å²) in [4.78, 5) is 8.82. The summed E-state index contributed by atoms with van der Waals surface area (Å²) in [5, 5.41) is 5.61. The number of fused-ring (bicyclic) bond motifs is 6. The molecule has 0 atom stereocenters. The summed E-state index contributed by atoms with van der Waals surface area (Å²) in [6.45, 7) is 0. The van der Waals surface area contributed by atoms with Crippen molar-refractivity contribution in [2.75, 3.05) is 0 Å². The molecule has 2 nitrogen and oxygen atoms in total. The Kier molecular flexibility index (Phi) is 3.84. The van der Waals surface area contributed by atoms with Crippen LogP contribution in [-0.2, 0) is 0 Å². The van der Waals surface area contributed by atoms with Crippen LogP contribution in [0, 0.1) is 0 Å². The fraction of sp³-hybridized carbons (Fsp3) is 0. The minimum atomic E-state index is 0.788. The van der Waals surface area contributed by atoms with Crippen LogP contribution in [0.2, 0.25) is 0 Å². The van der Waals surface area contributed by atoms with Crippen molar-refractivity contribution < 1.29 is 0 Å². The molecule has 0 unspecified atom stereocenters. The van der Waals surface area contributed by atoms with Gasteiger partial charge in [-0.3, -0.25) is 9.97 Å². The van der Waals surface area contributed by atoms with Gasteiger partial charge in [-0.05, 0) is 44.0 Å². The lowest BCUT2D eigenvalue weighted by Gasteiger charge is -1.97. The standard InChI is InChI=1S/2C11H7NSi/c2*1-2-5-9-8(4-1)11-10(13-9)6-3-7-12-11/h2*1-7H. The van der Waals surface area contributed by atoms with Gasteiger partial charge in [0.15, 0.2) is 0 Å². The minimum absolute atomic E-state index is 0.788. The molecule has 2 aliphatic heterocycles. The van der Waals surface area contributed by atoms with Crippen LogP contribution in [0.25, 0.3) is 22.5 Å². The average molecular weight is 363 g/mol. The molecule has 0 saturated carbocycles. The van der Waals surface area contributed by atoms with Crippen LogP contribution in [0.15, 0.2) is 85.2 Å². The fourth-order valence-electron chi connectivity index (χ4n) is 3.33. The first-order valence-corrected chi connectivity index (χ1v) is 10.5. The number of pyridine rings is 2. The summed E-state index contributed by atoms with van der Waals surface area (Å²) in [6, 6.07) is 25.4. The van der Waals surface area contributed by atoms with Crippen molar-refractivity contribution in [1.29, 1.82) is 0 Å². The van der Waals surface area contributed by atoms with Crippen LogP contribution >= 0.6 is 0 Å². The maximum atomic E-state index is 4.41. The highest BCUT2D eigenvalue weighted by Gasteiger charge is 2.19. The Bertz CT molecular complexity index is 932. The number of nitrogens with zero attached hydrogens (tertiary/aromatic N) is 2. The molecule has 0 fully saturated rings. The highest BCUT2D eigenvalue weighted by atomic mass is 28.2. The normalized spacial score (nSPS) is 12.3. The predicted octanol–water partition coefficient (Wildman–Crippen LogP) is 1.43. The number of rotatable bonds is 0. The van der Waals surface area contributed by atoms with Gasteiger partial charge in [0.2, 0.25) is 0 Å². The van der Waals surface area contributed by atoms with Crippen molar-refractivity contribution in [1.82, 2.24) is 9.97 Å². The molecule has 4 heterocycles. The fourth-order valence-corrected chi connectivity index (χ4v) is 5.94. The molecule has 0 spiro atoms. The Morgan fingerprint density at radius 1 is 0.462 bits per heavy atom. The highest BCUT2D eigenvalue weighted by molar-refractivity contribution is 6.73. The van der Waals surface area contributed by atoms with Crippen LogP contribution in [0.3, 0.4) is 0 Å². The number of hydrogen-bond donors (Lipinski definition) is 0. The second-order valence-electron chi connectivity index (χ2n) is 6.14. The van der Waals surface area contributed by atoms with E-state index >= 15 is 0 Å². The monoisotopic (exact) mass is 362 g/mol. The van der Waals surface area contributed by atoms with Crippen LogP contribution in [-0.4, -0.2) is 29.0 Å². The lowest BCUT2D eigenvalue weighted by molar-refractivity contribution is 1.36. The molecule has 120 valence electrons. The summed E-state index contributed by atoms with van der Waals surface area (Å²) < 4.78 is 0. The molecule has 0 amide bonds. The van der Waals surface area contributed by atoms with Gasteiger partial charge in [0, 0.05) is 12.4 Å². The molecule has 6 rings (SSSR count). The molecule has 2 aliphatic rings. The zero-order valence-corrected chi connectivity index (χ0v) is 16.0. The smallest absolute Gasteiger partial charge is 0.125 e. The maximum absolute atomic E-state index is 4.41. The van der Waals surface area contributed by atoms with E-state index < -0.39 is 0 Å². The summed E-state index contributed by atoms with van der Waals surface area (Å²) >= 11 is 0. The summed E-state index contributed by atoms with van der Waals surface area (Å²) in [5.74, 6) is 0. The van der Waals surface area contributed by atoms with Crippen molar-refractivity contribution in [3.8, 4) is 22.5 Å². The van der Waals surface area contributed by atoms with Gasteiger partial charge in [-0.1, -0.05) is 60.7 Å². The molecule has 4 radical (unpaired) electrons. The van der Waals surface area contributed by atoms with Crippen molar-refractivity contribution >= 4 is 39.8 Å². The molecule has 26 heavy (non-hydrogen) atoms. The molecule has 0 saturated heterocycles. The first kappa shape index (κ1) is 15.4. The number of aromatic nitrogens is 2. The second-order valence-corrected chi connectivity index (χ2v) is 8.80. The van der Waals surface area contributed by atoms with Gasteiger partial charge in [0.1, 0.15) is 19.0 Å². The zero-order valence-electron chi connectivity index (χ0n) is 14.0. The van der Waals surface area contributed by atoms with Gasteiger partial charge in [-0.2, -0.15) is 0 Å². The molecule has 0 aliphatic carbocycles. The van der Waals surface area contributed by atoms with Crippen LogP contribution in [0.4, 0.5) is 0 Å². The average Bonchev–Trinajstić information content (AvgIpc) is 3.27. The highest BCUT2D eigenvalue weighted by Crippen LogP contribution is 2.16. The van der Waals surface area contributed by atoms with Crippen molar-refractivity contribution in [3.05, 3.63) is 85.2 Å². The van der Waals surface area contributed by atoms with E-state index in [0.29, 0.717) is 0 Å². The Balaban J connectivity index is 0.000000115. The Morgan fingerprint density at radius 2 is 0.885 bits per heavy atom. The van der Waals surface area contributed by atoms with Gasteiger partial charge < -0.3 is 0 Å². The van der Waals surface area contributed by atoms with E-state index in [0.717, 1.165) is 19.0 Å². The first-order chi connectivity index (χ1) is 12.9. The Labute approximate surface area is 157 Å². The maximum Gasteiger partial charge on any atom is 0.125 e. The largest absolute Gasteiger partial charge is 0.256 e. The molecule has 0 bridgehead atoms. The quantitative estimate of drug-likeness (QED) is 0.382. The third-order valence-corrected chi connectivity index (χ3v) is 7.27. The van der Waals surface area contributed by atoms with Crippen molar-refractivity contribution in [3.63, 3.8) is 0 Å². The molecular formula is C22H14N2Si2.